The van der Waals surface area contributed by atoms with Crippen LogP contribution in [0.4, 0.5) is 17.2 Å². The summed E-state index contributed by atoms with van der Waals surface area (Å²) in [6.07, 6.45) is 0. The van der Waals surface area contributed by atoms with E-state index in [1.807, 2.05) is 18.2 Å². The molecule has 0 aliphatic rings. The predicted molar refractivity (Wildman–Crippen MR) is 85.1 cm³/mol. The molecule has 0 atom stereocenters. The summed E-state index contributed by atoms with van der Waals surface area (Å²) < 4.78 is 6.40. The van der Waals surface area contributed by atoms with Crippen LogP contribution < -0.4 is 11.1 Å². The number of rotatable bonds is 3. The standard InChI is InChI=1S/C13H11Br2N3O2/c1-20-13(19)10-5-4-9(16)12(17-10)18-11-6-7(14)2-3-8(11)15/h2-6H,16H2,1H3,(H,17,18). The third kappa shape index (κ3) is 3.29. The highest BCUT2D eigenvalue weighted by atomic mass is 79.9. The molecule has 0 unspecified atom stereocenters. The van der Waals surface area contributed by atoms with Gasteiger partial charge in [0.1, 0.15) is 0 Å². The zero-order valence-electron chi connectivity index (χ0n) is 10.5. The van der Waals surface area contributed by atoms with Crippen LogP contribution in [0.25, 0.3) is 0 Å². The maximum Gasteiger partial charge on any atom is 0.356 e. The van der Waals surface area contributed by atoms with Crippen molar-refractivity contribution in [2.45, 2.75) is 0 Å². The molecule has 5 nitrogen and oxygen atoms in total. The lowest BCUT2D eigenvalue weighted by Gasteiger charge is -2.11. The SMILES string of the molecule is COC(=O)c1ccc(N)c(Nc2cc(Br)ccc2Br)n1. The zero-order valence-corrected chi connectivity index (χ0v) is 13.7. The van der Waals surface area contributed by atoms with Crippen LogP contribution in [-0.2, 0) is 4.74 Å². The molecule has 7 heteroatoms. The number of nitrogens with one attached hydrogen (secondary N) is 1. The molecule has 0 fully saturated rings. The molecule has 1 heterocycles. The van der Waals surface area contributed by atoms with Crippen LogP contribution in [0.5, 0.6) is 0 Å². The Morgan fingerprint density at radius 3 is 2.75 bits per heavy atom. The molecule has 1 aromatic carbocycles. The fraction of sp³-hybridized carbons (Fsp3) is 0.0769. The third-order valence-electron chi connectivity index (χ3n) is 2.50. The van der Waals surface area contributed by atoms with E-state index in [1.165, 1.54) is 13.2 Å². The normalized spacial score (nSPS) is 10.2. The molecule has 0 bridgehead atoms. The van der Waals surface area contributed by atoms with Crippen LogP contribution in [0, 0.1) is 0 Å². The van der Waals surface area contributed by atoms with E-state index in [4.69, 9.17) is 5.73 Å². The Morgan fingerprint density at radius 2 is 2.05 bits per heavy atom. The Balaban J connectivity index is 2.37. The smallest absolute Gasteiger partial charge is 0.356 e. The lowest BCUT2D eigenvalue weighted by atomic mass is 10.3. The summed E-state index contributed by atoms with van der Waals surface area (Å²) in [5.74, 6) is -0.118. The van der Waals surface area contributed by atoms with E-state index in [1.54, 1.807) is 6.07 Å². The fourth-order valence-electron chi connectivity index (χ4n) is 1.51. The molecule has 3 N–H and O–H groups in total. The predicted octanol–water partition coefficient (Wildman–Crippen LogP) is 3.72. The van der Waals surface area contributed by atoms with Crippen molar-refractivity contribution >= 4 is 55.0 Å². The number of carbonyl (C=O) groups excluding carboxylic acids is 1. The fourth-order valence-corrected chi connectivity index (χ4v) is 2.22. The number of nitrogens with two attached hydrogens (primary N) is 1. The largest absolute Gasteiger partial charge is 0.464 e. The number of nitrogen functional groups attached to an aromatic ring is 1. The van der Waals surface area contributed by atoms with Gasteiger partial charge in [-0.2, -0.15) is 0 Å². The van der Waals surface area contributed by atoms with E-state index >= 15 is 0 Å². The number of pyridine rings is 1. The Bertz CT molecular complexity index is 662. The minimum atomic E-state index is -0.513. The van der Waals surface area contributed by atoms with Crippen molar-refractivity contribution in [3.8, 4) is 0 Å². The molecule has 1 aromatic heterocycles. The summed E-state index contributed by atoms with van der Waals surface area (Å²) in [7, 11) is 1.30. The number of benzene rings is 1. The number of carbonyl (C=O) groups is 1. The number of halogens is 2. The summed E-state index contributed by atoms with van der Waals surface area (Å²) in [6.45, 7) is 0. The van der Waals surface area contributed by atoms with Crippen molar-refractivity contribution in [2.24, 2.45) is 0 Å². The summed E-state index contributed by atoms with van der Waals surface area (Å²) in [5, 5.41) is 3.08. The number of anilines is 3. The van der Waals surface area contributed by atoms with Gasteiger partial charge < -0.3 is 15.8 Å². The number of methoxy groups -OCH3 is 1. The number of aromatic nitrogens is 1. The molecule has 0 aliphatic heterocycles. The van der Waals surface area contributed by atoms with Gasteiger partial charge in [-0.1, -0.05) is 15.9 Å². The number of ether oxygens (including phenoxy) is 1. The van der Waals surface area contributed by atoms with Crippen LogP contribution in [-0.4, -0.2) is 18.1 Å². The van der Waals surface area contributed by atoms with Crippen molar-refractivity contribution in [2.75, 3.05) is 18.2 Å². The second-order valence-electron chi connectivity index (χ2n) is 3.88. The first-order valence-corrected chi connectivity index (χ1v) is 7.17. The van der Waals surface area contributed by atoms with Crippen molar-refractivity contribution in [1.29, 1.82) is 0 Å². The maximum atomic E-state index is 11.5. The molecule has 0 radical (unpaired) electrons. The lowest BCUT2D eigenvalue weighted by molar-refractivity contribution is 0.0594. The maximum absolute atomic E-state index is 11.5. The van der Waals surface area contributed by atoms with Crippen molar-refractivity contribution in [3.05, 3.63) is 45.0 Å². The van der Waals surface area contributed by atoms with Crippen LogP contribution >= 0.6 is 31.9 Å². The first-order chi connectivity index (χ1) is 9.51. The lowest BCUT2D eigenvalue weighted by Crippen LogP contribution is -2.08. The van der Waals surface area contributed by atoms with Crippen LogP contribution in [0.2, 0.25) is 0 Å². The Morgan fingerprint density at radius 1 is 1.30 bits per heavy atom. The molecule has 0 spiro atoms. The minimum absolute atomic E-state index is 0.190. The van der Waals surface area contributed by atoms with Gasteiger partial charge in [0.15, 0.2) is 11.5 Å². The topological polar surface area (TPSA) is 77.2 Å². The van der Waals surface area contributed by atoms with Gasteiger partial charge >= 0.3 is 5.97 Å². The van der Waals surface area contributed by atoms with Crippen molar-refractivity contribution in [1.82, 2.24) is 4.98 Å². The van der Waals surface area contributed by atoms with Crippen LogP contribution in [0.1, 0.15) is 10.5 Å². The van der Waals surface area contributed by atoms with E-state index in [0.29, 0.717) is 11.5 Å². The Labute approximate surface area is 132 Å². The molecule has 0 amide bonds. The molecule has 2 aromatic rings. The van der Waals surface area contributed by atoms with E-state index in [-0.39, 0.29) is 5.69 Å². The minimum Gasteiger partial charge on any atom is -0.464 e. The molecular weight excluding hydrogens is 390 g/mol. The van der Waals surface area contributed by atoms with E-state index < -0.39 is 5.97 Å². The number of nitrogens with zero attached hydrogens (tertiary/aromatic N) is 1. The Hall–Kier alpha value is -1.60. The van der Waals surface area contributed by atoms with Crippen molar-refractivity contribution < 1.29 is 9.53 Å². The van der Waals surface area contributed by atoms with Gasteiger partial charge in [-0.05, 0) is 46.3 Å². The average Bonchev–Trinajstić information content (AvgIpc) is 2.44. The summed E-state index contributed by atoms with van der Waals surface area (Å²) >= 11 is 6.82. The highest BCUT2D eigenvalue weighted by Crippen LogP contribution is 2.30. The van der Waals surface area contributed by atoms with E-state index in [0.717, 1.165) is 14.6 Å². The first-order valence-electron chi connectivity index (χ1n) is 5.58. The van der Waals surface area contributed by atoms with Gasteiger partial charge in [0.2, 0.25) is 0 Å². The van der Waals surface area contributed by atoms with Gasteiger partial charge in [-0.15, -0.1) is 0 Å². The monoisotopic (exact) mass is 399 g/mol. The second kappa shape index (κ2) is 6.23. The third-order valence-corrected chi connectivity index (χ3v) is 3.69. The molecule has 0 saturated heterocycles. The highest BCUT2D eigenvalue weighted by Gasteiger charge is 2.11. The van der Waals surface area contributed by atoms with Gasteiger partial charge in [0, 0.05) is 8.95 Å². The average molecular weight is 401 g/mol. The number of hydrogen-bond acceptors (Lipinski definition) is 5. The second-order valence-corrected chi connectivity index (χ2v) is 5.65. The van der Waals surface area contributed by atoms with E-state index in [9.17, 15) is 4.79 Å². The number of esters is 1. The summed E-state index contributed by atoms with van der Waals surface area (Å²) in [6, 6.07) is 8.77. The van der Waals surface area contributed by atoms with Gasteiger partial charge in [-0.3, -0.25) is 0 Å². The van der Waals surface area contributed by atoms with Gasteiger partial charge in [-0.25, -0.2) is 9.78 Å². The van der Waals surface area contributed by atoms with Crippen LogP contribution in [0.3, 0.4) is 0 Å². The summed E-state index contributed by atoms with van der Waals surface area (Å²) in [5.41, 5.74) is 7.27. The van der Waals surface area contributed by atoms with Crippen molar-refractivity contribution in [3.63, 3.8) is 0 Å². The Kier molecular flexibility index (Phi) is 4.61. The molecular formula is C13H11Br2N3O2. The molecule has 2 rings (SSSR count). The molecule has 104 valence electrons. The van der Waals surface area contributed by atoms with E-state index in [2.05, 4.69) is 46.9 Å². The van der Waals surface area contributed by atoms with Crippen LogP contribution in [0.15, 0.2) is 39.3 Å². The van der Waals surface area contributed by atoms with Gasteiger partial charge in [0.05, 0.1) is 18.5 Å². The highest BCUT2D eigenvalue weighted by molar-refractivity contribution is 9.11. The summed E-state index contributed by atoms with van der Waals surface area (Å²) in [4.78, 5) is 15.6. The molecule has 20 heavy (non-hydrogen) atoms. The first kappa shape index (κ1) is 14.8. The molecule has 0 saturated carbocycles. The zero-order chi connectivity index (χ0) is 14.7. The number of hydrogen-bond donors (Lipinski definition) is 2. The quantitative estimate of drug-likeness (QED) is 0.767. The molecule has 0 aliphatic carbocycles. The van der Waals surface area contributed by atoms with Gasteiger partial charge in [0.25, 0.3) is 0 Å².